The predicted molar refractivity (Wildman–Crippen MR) is 90.2 cm³/mol. The van der Waals surface area contributed by atoms with Crippen LogP contribution in [0.2, 0.25) is 0 Å². The van der Waals surface area contributed by atoms with E-state index < -0.39 is 4.92 Å². The number of hydrogen-bond acceptors (Lipinski definition) is 5. The van der Waals surface area contributed by atoms with Crippen LogP contribution in [0.3, 0.4) is 0 Å². The van der Waals surface area contributed by atoms with Crippen LogP contribution in [0.15, 0.2) is 52.4 Å². The molecule has 5 nitrogen and oxygen atoms in total. The van der Waals surface area contributed by atoms with Gasteiger partial charge in [0.1, 0.15) is 17.1 Å². The summed E-state index contributed by atoms with van der Waals surface area (Å²) in [5.74, 6) is 0.0670. The third kappa shape index (κ3) is 2.90. The Morgan fingerprint density at radius 3 is 2.58 bits per heavy atom. The average Bonchev–Trinajstić information content (AvgIpc) is 2.56. The summed E-state index contributed by atoms with van der Waals surface area (Å²) in [6.07, 6.45) is 1.55. The predicted octanol–water partition coefficient (Wildman–Crippen LogP) is 4.75. The second-order valence-electron chi connectivity index (χ2n) is 5.09. The summed E-state index contributed by atoms with van der Waals surface area (Å²) in [5, 5.41) is 12.0. The monoisotopic (exact) mass is 344 g/mol. The number of fused-ring (bicyclic) bond motifs is 1. The number of aromatic nitrogens is 1. The minimum Gasteiger partial charge on any atom is -0.495 e. The van der Waals surface area contributed by atoms with Gasteiger partial charge in [-0.2, -0.15) is 0 Å². The highest BCUT2D eigenvalue weighted by Gasteiger charge is 2.22. The number of nitro groups is 1. The largest absolute Gasteiger partial charge is 0.495 e. The third-order valence-electron chi connectivity index (χ3n) is 3.57. The molecular formula is C17H13FN2O3S. The van der Waals surface area contributed by atoms with Crippen molar-refractivity contribution in [1.82, 2.24) is 4.98 Å². The average molecular weight is 344 g/mol. The summed E-state index contributed by atoms with van der Waals surface area (Å²) < 4.78 is 18.5. The van der Waals surface area contributed by atoms with Crippen molar-refractivity contribution < 1.29 is 14.1 Å². The van der Waals surface area contributed by atoms with Gasteiger partial charge in [-0.3, -0.25) is 10.1 Å². The molecule has 3 rings (SSSR count). The van der Waals surface area contributed by atoms with Gasteiger partial charge < -0.3 is 4.74 Å². The Bertz CT molecular complexity index is 929. The van der Waals surface area contributed by atoms with E-state index in [1.165, 1.54) is 37.1 Å². The smallest absolute Gasteiger partial charge is 0.299 e. The lowest BCUT2D eigenvalue weighted by Gasteiger charge is -2.13. The summed E-state index contributed by atoms with van der Waals surface area (Å²) in [5.41, 5.74) is 1.06. The van der Waals surface area contributed by atoms with E-state index in [-0.39, 0.29) is 11.5 Å². The van der Waals surface area contributed by atoms with Crippen molar-refractivity contribution >= 4 is 28.4 Å². The highest BCUT2D eigenvalue weighted by Crippen LogP contribution is 2.44. The maximum absolute atomic E-state index is 13.1. The standard InChI is InChI=1S/C17H13FN2O3S/c1-10-7-8-19-16-13(20(21)22)9-14(23-2)17(15(10)16)24-12-5-3-11(18)4-6-12/h3-9H,1-2H3. The van der Waals surface area contributed by atoms with Gasteiger partial charge in [0.2, 0.25) is 0 Å². The summed E-state index contributed by atoms with van der Waals surface area (Å²) >= 11 is 1.36. The molecule has 24 heavy (non-hydrogen) atoms. The topological polar surface area (TPSA) is 65.3 Å². The van der Waals surface area contributed by atoms with Gasteiger partial charge >= 0.3 is 0 Å². The SMILES string of the molecule is COc1cc([N+](=O)[O-])c2nccc(C)c2c1Sc1ccc(F)cc1. The van der Waals surface area contributed by atoms with Crippen LogP contribution in [0.1, 0.15) is 5.56 Å². The van der Waals surface area contributed by atoms with Crippen LogP contribution in [0.5, 0.6) is 5.75 Å². The lowest BCUT2D eigenvalue weighted by molar-refractivity contribution is -0.383. The summed E-state index contributed by atoms with van der Waals surface area (Å²) in [6, 6.07) is 9.21. The highest BCUT2D eigenvalue weighted by atomic mass is 32.2. The van der Waals surface area contributed by atoms with Gasteiger partial charge in [-0.1, -0.05) is 11.8 Å². The zero-order chi connectivity index (χ0) is 17.3. The Labute approximate surface area is 141 Å². The number of methoxy groups -OCH3 is 1. The van der Waals surface area contributed by atoms with E-state index in [1.54, 1.807) is 24.4 Å². The second-order valence-corrected chi connectivity index (χ2v) is 6.18. The molecule has 0 N–H and O–H groups in total. The van der Waals surface area contributed by atoms with Gasteiger partial charge in [0.25, 0.3) is 5.69 Å². The number of aryl methyl sites for hydroxylation is 1. The van der Waals surface area contributed by atoms with Gasteiger partial charge in [-0.25, -0.2) is 9.37 Å². The molecule has 0 fully saturated rings. The zero-order valence-corrected chi connectivity index (χ0v) is 13.8. The number of hydrogen-bond donors (Lipinski definition) is 0. The van der Waals surface area contributed by atoms with Crippen molar-refractivity contribution in [3.8, 4) is 5.75 Å². The van der Waals surface area contributed by atoms with Crippen LogP contribution in [0.25, 0.3) is 10.9 Å². The van der Waals surface area contributed by atoms with Gasteiger partial charge in [0, 0.05) is 16.5 Å². The van der Waals surface area contributed by atoms with Crippen molar-refractivity contribution in [2.75, 3.05) is 7.11 Å². The lowest BCUT2D eigenvalue weighted by Crippen LogP contribution is -1.97. The van der Waals surface area contributed by atoms with Crippen molar-refractivity contribution in [2.24, 2.45) is 0 Å². The van der Waals surface area contributed by atoms with Crippen LogP contribution in [-0.2, 0) is 0 Å². The molecule has 2 aromatic carbocycles. The fourth-order valence-electron chi connectivity index (χ4n) is 2.43. The molecule has 0 aliphatic carbocycles. The molecule has 1 aromatic heterocycles. The molecule has 0 bridgehead atoms. The zero-order valence-electron chi connectivity index (χ0n) is 12.9. The van der Waals surface area contributed by atoms with Gasteiger partial charge in [-0.05, 0) is 42.8 Å². The first-order valence-electron chi connectivity index (χ1n) is 7.05. The summed E-state index contributed by atoms with van der Waals surface area (Å²) in [4.78, 5) is 16.6. The molecule has 7 heteroatoms. The van der Waals surface area contributed by atoms with Gasteiger partial charge in [0.05, 0.1) is 23.0 Å². The Hall–Kier alpha value is -2.67. The fraction of sp³-hybridized carbons (Fsp3) is 0.118. The molecule has 1 heterocycles. The molecule has 0 aliphatic rings. The maximum Gasteiger partial charge on any atom is 0.299 e. The number of rotatable bonds is 4. The van der Waals surface area contributed by atoms with E-state index in [0.717, 1.165) is 15.4 Å². The van der Waals surface area contributed by atoms with Crippen LogP contribution in [0.4, 0.5) is 10.1 Å². The number of pyridine rings is 1. The van der Waals surface area contributed by atoms with Crippen LogP contribution < -0.4 is 4.74 Å². The summed E-state index contributed by atoms with van der Waals surface area (Å²) in [6.45, 7) is 1.86. The van der Waals surface area contributed by atoms with E-state index in [2.05, 4.69) is 4.98 Å². The first-order valence-corrected chi connectivity index (χ1v) is 7.87. The molecule has 3 aromatic rings. The van der Waals surface area contributed by atoms with Crippen molar-refractivity contribution in [3.05, 3.63) is 64.1 Å². The molecule has 0 amide bonds. The quantitative estimate of drug-likeness (QED) is 0.505. The first-order chi connectivity index (χ1) is 11.5. The number of halogens is 1. The minimum atomic E-state index is -0.469. The van der Waals surface area contributed by atoms with Crippen molar-refractivity contribution in [2.45, 2.75) is 16.7 Å². The molecule has 0 spiro atoms. The van der Waals surface area contributed by atoms with E-state index in [1.807, 2.05) is 6.92 Å². The van der Waals surface area contributed by atoms with Crippen molar-refractivity contribution in [1.29, 1.82) is 0 Å². The van der Waals surface area contributed by atoms with Gasteiger partial charge in [-0.15, -0.1) is 0 Å². The fourth-order valence-corrected chi connectivity index (χ4v) is 3.54. The highest BCUT2D eigenvalue weighted by molar-refractivity contribution is 7.99. The van der Waals surface area contributed by atoms with Crippen LogP contribution in [-0.4, -0.2) is 17.0 Å². The Balaban J connectivity index is 2.27. The van der Waals surface area contributed by atoms with E-state index >= 15 is 0 Å². The van der Waals surface area contributed by atoms with Crippen molar-refractivity contribution in [3.63, 3.8) is 0 Å². The van der Waals surface area contributed by atoms with Crippen LogP contribution in [0, 0.1) is 22.9 Å². The lowest BCUT2D eigenvalue weighted by atomic mass is 10.1. The molecule has 0 radical (unpaired) electrons. The maximum atomic E-state index is 13.1. The van der Waals surface area contributed by atoms with Crippen LogP contribution >= 0.6 is 11.8 Å². The number of benzene rings is 2. The number of nitrogens with zero attached hydrogens (tertiary/aromatic N) is 2. The molecule has 0 atom stereocenters. The van der Waals surface area contributed by atoms with E-state index in [0.29, 0.717) is 16.7 Å². The minimum absolute atomic E-state index is 0.103. The Morgan fingerprint density at radius 2 is 1.96 bits per heavy atom. The third-order valence-corrected chi connectivity index (χ3v) is 4.69. The summed E-state index contributed by atoms with van der Waals surface area (Å²) in [7, 11) is 1.46. The molecule has 0 aliphatic heterocycles. The molecule has 0 saturated carbocycles. The Morgan fingerprint density at radius 1 is 1.25 bits per heavy atom. The number of ether oxygens (including phenoxy) is 1. The first kappa shape index (κ1) is 16.2. The van der Waals surface area contributed by atoms with Gasteiger partial charge in [0.15, 0.2) is 0 Å². The van der Waals surface area contributed by atoms with E-state index in [4.69, 9.17) is 4.74 Å². The normalized spacial score (nSPS) is 10.8. The molecule has 0 unspecified atom stereocenters. The molecule has 0 saturated heterocycles. The number of non-ortho nitro benzene ring substituents is 1. The molecular weight excluding hydrogens is 331 g/mol. The number of nitro benzene ring substituents is 1. The second kappa shape index (κ2) is 6.45. The Kier molecular flexibility index (Phi) is 4.35. The molecule has 122 valence electrons. The van der Waals surface area contributed by atoms with E-state index in [9.17, 15) is 14.5 Å².